The van der Waals surface area contributed by atoms with Gasteiger partial charge in [-0.3, -0.25) is 0 Å². The first-order valence-electron chi connectivity index (χ1n) is 40.9. The van der Waals surface area contributed by atoms with Gasteiger partial charge in [-0.15, -0.1) is 0 Å². The molecule has 14 heteroatoms. The summed E-state index contributed by atoms with van der Waals surface area (Å²) in [5.74, 6) is 2.03. The summed E-state index contributed by atoms with van der Waals surface area (Å²) < 4.78 is 43.1. The molecule has 0 aliphatic heterocycles. The number of benzene rings is 12. The van der Waals surface area contributed by atoms with Crippen LogP contribution >= 0.6 is 17.2 Å². The van der Waals surface area contributed by atoms with Crippen LogP contribution in [0.3, 0.4) is 0 Å². The van der Waals surface area contributed by atoms with Gasteiger partial charge in [-0.25, -0.2) is 0 Å². The van der Waals surface area contributed by atoms with Crippen molar-refractivity contribution in [2.24, 2.45) is 0 Å². The van der Waals surface area contributed by atoms with Gasteiger partial charge in [0.15, 0.2) is 5.60 Å². The van der Waals surface area contributed by atoms with Crippen LogP contribution in [-0.2, 0) is 24.5 Å². The lowest BCUT2D eigenvalue weighted by Crippen LogP contribution is -2.48. The summed E-state index contributed by atoms with van der Waals surface area (Å²) in [5, 5.41) is 0. The molecule has 13 atom stereocenters. The van der Waals surface area contributed by atoms with Gasteiger partial charge in [-0.05, 0) is 125 Å². The molecule has 117 heavy (non-hydrogen) atoms. The van der Waals surface area contributed by atoms with Gasteiger partial charge in [0.05, 0.1) is 44.7 Å². The van der Waals surface area contributed by atoms with E-state index < -0.39 is 28.9 Å². The summed E-state index contributed by atoms with van der Waals surface area (Å²) in [4.78, 5) is 43.4. The summed E-state index contributed by atoms with van der Waals surface area (Å²) in [6, 6.07) is 115. The zero-order chi connectivity index (χ0) is 83.5. The van der Waals surface area contributed by atoms with E-state index in [1.165, 1.54) is 66.8 Å². The van der Waals surface area contributed by atoms with E-state index in [0.29, 0.717) is 19.8 Å². The molecule has 12 rings (SSSR count). The normalized spacial score (nSPS) is 15.4. The van der Waals surface area contributed by atoms with Crippen molar-refractivity contribution in [1.82, 2.24) is 0 Å². The maximum absolute atomic E-state index is 8.67. The maximum atomic E-state index is 8.67. The second-order valence-corrected chi connectivity index (χ2v) is 32.1. The smallest absolute Gasteiger partial charge is 0.324 e. The average Bonchev–Trinajstić information content (AvgIpc) is 0.720. The molecular weight excluding hydrogens is 1490 g/mol. The number of ether oxygens (including phenoxy) is 6. The largest absolute Gasteiger partial charge is 0.488 e. The Morgan fingerprint density at radius 2 is 0.444 bits per heavy atom. The molecule has 0 aliphatic carbocycles. The van der Waals surface area contributed by atoms with E-state index in [4.69, 9.17) is 57.8 Å². The Morgan fingerprint density at radius 1 is 0.231 bits per heavy atom. The van der Waals surface area contributed by atoms with E-state index >= 15 is 0 Å². The molecule has 0 fully saturated rings. The van der Waals surface area contributed by atoms with Crippen LogP contribution in [0.15, 0.2) is 315 Å². The fourth-order valence-electron chi connectivity index (χ4n) is 15.7. The molecule has 0 spiro atoms. The monoisotopic (exact) mass is 1610 g/mol. The third-order valence-electron chi connectivity index (χ3n) is 22.9. The maximum Gasteiger partial charge on any atom is 0.324 e. The SMILES string of the molecule is CC(COC(C)COC(C)C(Oc1ccc(C(C)c2ccccc2)cc1C(C)c1ccccc1)(c1ccc(C(C)c2ccccc2)cc1C(C)c1ccccc1)c1ccc(C(C)c2ccccc2)cc1C(C)c1ccccc1)OCC(C)OCC(C)Oc1ccc(C(C)c2ccccc2)cc1C(C)c1ccccc1.OP(O)O.OP(O)O. The van der Waals surface area contributed by atoms with Crippen LogP contribution in [-0.4, -0.2) is 86.3 Å². The molecule has 0 saturated heterocycles. The van der Waals surface area contributed by atoms with Crippen molar-refractivity contribution < 1.29 is 57.8 Å². The Hall–Kier alpha value is -9.30. The van der Waals surface area contributed by atoms with Crippen LogP contribution in [0, 0.1) is 0 Å². The Balaban J connectivity index is 0.00000172. The Morgan fingerprint density at radius 3 is 0.726 bits per heavy atom. The van der Waals surface area contributed by atoms with E-state index in [-0.39, 0.29) is 78.4 Å². The van der Waals surface area contributed by atoms with Gasteiger partial charge in [0.1, 0.15) is 23.7 Å². The van der Waals surface area contributed by atoms with Crippen LogP contribution < -0.4 is 9.47 Å². The summed E-state index contributed by atoms with van der Waals surface area (Å²) in [5.41, 5.74) is 20.1. The fraction of sp³-hybridized carbons (Fsp3) is 0.301. The van der Waals surface area contributed by atoms with Gasteiger partial charge >= 0.3 is 17.2 Å². The van der Waals surface area contributed by atoms with Gasteiger partial charge in [0.25, 0.3) is 0 Å². The standard InChI is InChI=1S/C103H112O6.2H3O3P/c1-70(104-67-71(2)106-69-73(4)108-101-60-56-93(76(7)85-42-26-16-27-43-85)64-97(101)80(11)89-50-34-20-35-51-89)66-105-72(3)68-107-82(13)103(99-58-54-91(74(5)83-38-22-14-23-39-83)62-95(99)78(9)87-46-30-18-31-47-87,100-59-55-92(75(6)84-40-24-15-25-41-84)63-96(100)79(10)88-48-32-19-33-49-88)109-102-61-57-94(77(8)86-44-28-17-29-45-86)65-98(102)81(12)90-52-36-21-37-53-90;2*1-4(2)3/h14-65,70-82H,66-69H2,1-13H3;2*1-3H. The number of rotatable bonds is 35. The van der Waals surface area contributed by atoms with Gasteiger partial charge in [0, 0.05) is 69.6 Å². The van der Waals surface area contributed by atoms with Gasteiger partial charge in [-0.2, -0.15) is 0 Å². The lowest BCUT2D eigenvalue weighted by Gasteiger charge is -2.44. The number of hydrogen-bond donors (Lipinski definition) is 6. The minimum Gasteiger partial charge on any atom is -0.488 e. The zero-order valence-electron chi connectivity index (χ0n) is 69.9. The van der Waals surface area contributed by atoms with Crippen molar-refractivity contribution in [3.63, 3.8) is 0 Å². The van der Waals surface area contributed by atoms with Crippen molar-refractivity contribution in [1.29, 1.82) is 0 Å². The predicted molar refractivity (Wildman–Crippen MR) is 478 cm³/mol. The molecule has 0 aliphatic rings. The highest BCUT2D eigenvalue weighted by molar-refractivity contribution is 7.38. The number of hydrogen-bond acceptors (Lipinski definition) is 12. The highest BCUT2D eigenvalue weighted by Gasteiger charge is 2.49. The van der Waals surface area contributed by atoms with Crippen molar-refractivity contribution in [3.8, 4) is 11.5 Å². The summed E-state index contributed by atoms with van der Waals surface area (Å²) in [7, 11) is -5.24. The highest BCUT2D eigenvalue weighted by atomic mass is 31.2. The first-order valence-corrected chi connectivity index (χ1v) is 43.3. The van der Waals surface area contributed by atoms with E-state index in [0.717, 1.165) is 44.9 Å². The molecule has 13 unspecified atom stereocenters. The van der Waals surface area contributed by atoms with Crippen molar-refractivity contribution >= 4 is 17.2 Å². The first kappa shape index (κ1) is 90.0. The van der Waals surface area contributed by atoms with E-state index in [2.05, 4.69) is 405 Å². The van der Waals surface area contributed by atoms with E-state index in [1.807, 2.05) is 0 Å². The Kier molecular flexibility index (Phi) is 34.2. The second-order valence-electron chi connectivity index (χ2n) is 31.1. The molecule has 0 aromatic heterocycles. The van der Waals surface area contributed by atoms with Crippen LogP contribution in [0.25, 0.3) is 0 Å². The van der Waals surface area contributed by atoms with Crippen LogP contribution in [0.1, 0.15) is 237 Å². The first-order chi connectivity index (χ1) is 56.4. The van der Waals surface area contributed by atoms with Gasteiger partial charge < -0.3 is 57.8 Å². The molecule has 12 nitrogen and oxygen atoms in total. The fourth-order valence-corrected chi connectivity index (χ4v) is 15.7. The topological polar surface area (TPSA) is 177 Å². The van der Waals surface area contributed by atoms with E-state index in [1.54, 1.807) is 0 Å². The lowest BCUT2D eigenvalue weighted by molar-refractivity contribution is -0.113. The average molecular weight is 1610 g/mol. The Labute approximate surface area is 697 Å². The van der Waals surface area contributed by atoms with Gasteiger partial charge in [-0.1, -0.05) is 359 Å². The molecule has 6 N–H and O–H groups in total. The third kappa shape index (κ3) is 24.7. The van der Waals surface area contributed by atoms with Crippen molar-refractivity contribution in [2.45, 2.75) is 173 Å². The van der Waals surface area contributed by atoms with E-state index in [9.17, 15) is 0 Å². The van der Waals surface area contributed by atoms with Crippen LogP contribution in [0.5, 0.6) is 11.5 Å². The molecule has 0 amide bonds. The molecule has 0 bridgehead atoms. The van der Waals surface area contributed by atoms with Crippen LogP contribution in [0.2, 0.25) is 0 Å². The second kappa shape index (κ2) is 44.5. The molecular formula is C103H118O12P2. The third-order valence-corrected chi connectivity index (χ3v) is 22.9. The molecule has 12 aromatic rings. The van der Waals surface area contributed by atoms with Crippen LogP contribution in [0.4, 0.5) is 0 Å². The quantitative estimate of drug-likeness (QED) is 0.0208. The minimum absolute atomic E-state index is 0.0714. The molecule has 0 saturated carbocycles. The summed E-state index contributed by atoms with van der Waals surface area (Å²) in [6.07, 6.45) is -1.65. The Bertz CT molecular complexity index is 4740. The van der Waals surface area contributed by atoms with Crippen molar-refractivity contribution in [2.75, 3.05) is 26.4 Å². The minimum atomic E-state index is -2.62. The van der Waals surface area contributed by atoms with Crippen molar-refractivity contribution in [3.05, 3.63) is 416 Å². The van der Waals surface area contributed by atoms with Gasteiger partial charge in [0.2, 0.25) is 0 Å². The molecule has 612 valence electrons. The lowest BCUT2D eigenvalue weighted by atomic mass is 9.71. The predicted octanol–water partition coefficient (Wildman–Crippen LogP) is 23.7. The summed E-state index contributed by atoms with van der Waals surface area (Å²) >= 11 is 0. The zero-order valence-corrected chi connectivity index (χ0v) is 71.7. The molecule has 12 aromatic carbocycles. The molecule has 0 heterocycles. The summed E-state index contributed by atoms with van der Waals surface area (Å²) in [6.45, 7) is 30.5. The molecule has 0 radical (unpaired) electrons. The highest BCUT2D eigenvalue weighted by Crippen LogP contribution is 2.51.